The Labute approximate surface area is 141 Å². The van der Waals surface area contributed by atoms with E-state index in [1.807, 2.05) is 0 Å². The van der Waals surface area contributed by atoms with Gasteiger partial charge in [0, 0.05) is 23.3 Å². The predicted molar refractivity (Wildman–Crippen MR) is 89.6 cm³/mol. The van der Waals surface area contributed by atoms with Crippen LogP contribution in [-0.4, -0.2) is 33.1 Å². The third-order valence-electron chi connectivity index (χ3n) is 3.60. The fraction of sp³-hybridized carbons (Fsp3) is 0.0588. The number of imidazole rings is 1. The highest BCUT2D eigenvalue weighted by atomic mass is 16.6. The van der Waals surface area contributed by atoms with E-state index in [9.17, 15) is 20.0 Å². The number of ether oxygens (including phenoxy) is 1. The zero-order valence-corrected chi connectivity index (χ0v) is 13.1. The molecule has 25 heavy (non-hydrogen) atoms. The van der Waals surface area contributed by atoms with Crippen LogP contribution in [0.3, 0.4) is 0 Å². The lowest BCUT2D eigenvalue weighted by Gasteiger charge is -2.03. The maximum absolute atomic E-state index is 11.5. The van der Waals surface area contributed by atoms with Gasteiger partial charge < -0.3 is 14.8 Å². The maximum atomic E-state index is 11.5. The first kappa shape index (κ1) is 16.2. The Hall–Kier alpha value is -3.68. The van der Waals surface area contributed by atoms with Gasteiger partial charge in [0.05, 0.1) is 17.7 Å². The molecule has 0 bridgehead atoms. The number of aromatic amines is 1. The van der Waals surface area contributed by atoms with E-state index in [4.69, 9.17) is 4.74 Å². The summed E-state index contributed by atoms with van der Waals surface area (Å²) in [5.41, 5.74) is 1.03. The minimum absolute atomic E-state index is 0.103. The molecule has 0 aliphatic rings. The zero-order chi connectivity index (χ0) is 18.0. The first-order valence-electron chi connectivity index (χ1n) is 7.22. The van der Waals surface area contributed by atoms with Crippen LogP contribution in [0.25, 0.3) is 22.6 Å². The molecule has 0 radical (unpaired) electrons. The van der Waals surface area contributed by atoms with Gasteiger partial charge in [-0.05, 0) is 12.1 Å². The van der Waals surface area contributed by atoms with Gasteiger partial charge in [0.1, 0.15) is 11.6 Å². The number of aromatic carboxylic acids is 1. The average Bonchev–Trinajstić information content (AvgIpc) is 3.07. The number of nitro groups is 1. The van der Waals surface area contributed by atoms with Crippen LogP contribution < -0.4 is 4.74 Å². The van der Waals surface area contributed by atoms with Gasteiger partial charge in [-0.15, -0.1) is 0 Å². The van der Waals surface area contributed by atoms with E-state index in [-0.39, 0.29) is 17.2 Å². The molecule has 0 saturated heterocycles. The summed E-state index contributed by atoms with van der Waals surface area (Å²) in [6, 6.07) is 12.7. The number of carboxylic acid groups (broad SMARTS) is 1. The molecule has 0 aliphatic heterocycles. The molecule has 126 valence electrons. The summed E-state index contributed by atoms with van der Waals surface area (Å²) in [6.45, 7) is 0. The van der Waals surface area contributed by atoms with Crippen LogP contribution in [-0.2, 0) is 0 Å². The first-order valence-corrected chi connectivity index (χ1v) is 7.22. The topological polar surface area (TPSA) is 118 Å². The Bertz CT molecular complexity index is 964. The highest BCUT2D eigenvalue weighted by molar-refractivity contribution is 5.94. The van der Waals surface area contributed by atoms with Crippen molar-refractivity contribution in [3.05, 3.63) is 64.3 Å². The number of carboxylic acids is 1. The molecular formula is C17H13N3O5. The van der Waals surface area contributed by atoms with Gasteiger partial charge in [-0.3, -0.25) is 10.1 Å². The van der Waals surface area contributed by atoms with Gasteiger partial charge in [-0.1, -0.05) is 24.3 Å². The second kappa shape index (κ2) is 6.44. The van der Waals surface area contributed by atoms with Crippen LogP contribution in [0.15, 0.2) is 48.5 Å². The standard InChI is InChI=1S/C17H13N3O5/c1-25-13-7-3-4-10(9-13)14-15(17(21)22)19-16(18-14)11-5-2-6-12(8-11)20(23)24/h2-9H,1H3,(H,18,19)(H,21,22). The van der Waals surface area contributed by atoms with E-state index in [0.717, 1.165) is 0 Å². The van der Waals surface area contributed by atoms with Crippen molar-refractivity contribution in [2.75, 3.05) is 7.11 Å². The maximum Gasteiger partial charge on any atom is 0.356 e. The molecule has 2 aromatic carbocycles. The molecule has 3 aromatic rings. The van der Waals surface area contributed by atoms with Crippen molar-refractivity contribution in [3.8, 4) is 28.4 Å². The molecule has 0 unspecified atom stereocenters. The van der Waals surface area contributed by atoms with Crippen LogP contribution in [0.1, 0.15) is 10.5 Å². The Morgan fingerprint density at radius 2 is 1.92 bits per heavy atom. The number of H-pyrrole nitrogens is 1. The number of nitrogens with one attached hydrogen (secondary N) is 1. The summed E-state index contributed by atoms with van der Waals surface area (Å²) in [6.07, 6.45) is 0. The van der Waals surface area contributed by atoms with Gasteiger partial charge in [0.25, 0.3) is 5.69 Å². The molecule has 0 atom stereocenters. The number of methoxy groups -OCH3 is 1. The van der Waals surface area contributed by atoms with E-state index >= 15 is 0 Å². The highest BCUT2D eigenvalue weighted by Crippen LogP contribution is 2.29. The molecule has 3 rings (SSSR count). The van der Waals surface area contributed by atoms with Gasteiger partial charge in [-0.25, -0.2) is 9.78 Å². The molecule has 0 saturated carbocycles. The van der Waals surface area contributed by atoms with Crippen LogP contribution in [0, 0.1) is 10.1 Å². The van der Waals surface area contributed by atoms with E-state index < -0.39 is 10.9 Å². The lowest BCUT2D eigenvalue weighted by Crippen LogP contribution is -1.99. The number of hydrogen-bond acceptors (Lipinski definition) is 5. The minimum atomic E-state index is -1.20. The second-order valence-corrected chi connectivity index (χ2v) is 5.15. The van der Waals surface area contributed by atoms with Crippen LogP contribution in [0.5, 0.6) is 5.75 Å². The van der Waals surface area contributed by atoms with E-state index in [1.165, 1.54) is 25.3 Å². The molecule has 8 nitrogen and oxygen atoms in total. The van der Waals surface area contributed by atoms with Crippen LogP contribution >= 0.6 is 0 Å². The van der Waals surface area contributed by atoms with Gasteiger partial charge in [0.2, 0.25) is 0 Å². The largest absolute Gasteiger partial charge is 0.497 e. The van der Waals surface area contributed by atoms with Crippen molar-refractivity contribution in [2.24, 2.45) is 0 Å². The minimum Gasteiger partial charge on any atom is -0.497 e. The summed E-state index contributed by atoms with van der Waals surface area (Å²) in [5.74, 6) is -0.398. The Morgan fingerprint density at radius 3 is 2.60 bits per heavy atom. The number of carbonyl (C=O) groups is 1. The molecule has 0 fully saturated rings. The number of rotatable bonds is 5. The number of aromatic nitrogens is 2. The quantitative estimate of drug-likeness (QED) is 0.543. The second-order valence-electron chi connectivity index (χ2n) is 5.15. The summed E-state index contributed by atoms with van der Waals surface area (Å²) in [5, 5.41) is 20.4. The predicted octanol–water partition coefficient (Wildman–Crippen LogP) is 3.36. The number of non-ortho nitro benzene ring substituents is 1. The lowest BCUT2D eigenvalue weighted by molar-refractivity contribution is -0.384. The first-order chi connectivity index (χ1) is 12.0. The molecule has 0 spiro atoms. The summed E-state index contributed by atoms with van der Waals surface area (Å²) >= 11 is 0. The number of nitrogens with zero attached hydrogens (tertiary/aromatic N) is 2. The van der Waals surface area contributed by atoms with Crippen LogP contribution in [0.2, 0.25) is 0 Å². The Morgan fingerprint density at radius 1 is 1.20 bits per heavy atom. The summed E-state index contributed by atoms with van der Waals surface area (Å²) in [4.78, 5) is 29.0. The molecule has 1 aromatic heterocycles. The lowest BCUT2D eigenvalue weighted by atomic mass is 10.1. The van der Waals surface area contributed by atoms with E-state index in [1.54, 1.807) is 30.3 Å². The SMILES string of the molecule is COc1cccc(-c2[nH]c(-c3cccc([N+](=O)[O-])c3)nc2C(=O)O)c1. The molecule has 0 aliphatic carbocycles. The summed E-state index contributed by atoms with van der Waals surface area (Å²) in [7, 11) is 1.51. The molecule has 2 N–H and O–H groups in total. The molecular weight excluding hydrogens is 326 g/mol. The third-order valence-corrected chi connectivity index (χ3v) is 3.60. The van der Waals surface area contributed by atoms with E-state index in [2.05, 4.69) is 9.97 Å². The molecule has 0 amide bonds. The molecule has 1 heterocycles. The van der Waals surface area contributed by atoms with Crippen molar-refractivity contribution in [2.45, 2.75) is 0 Å². The van der Waals surface area contributed by atoms with Crippen molar-refractivity contribution in [3.63, 3.8) is 0 Å². The average molecular weight is 339 g/mol. The summed E-state index contributed by atoms with van der Waals surface area (Å²) < 4.78 is 5.15. The van der Waals surface area contributed by atoms with Crippen molar-refractivity contribution in [1.82, 2.24) is 9.97 Å². The van der Waals surface area contributed by atoms with Gasteiger partial charge in [-0.2, -0.15) is 0 Å². The van der Waals surface area contributed by atoms with Crippen molar-refractivity contribution < 1.29 is 19.6 Å². The van der Waals surface area contributed by atoms with Crippen molar-refractivity contribution >= 4 is 11.7 Å². The Balaban J connectivity index is 2.13. The smallest absolute Gasteiger partial charge is 0.356 e. The Kier molecular flexibility index (Phi) is 4.17. The van der Waals surface area contributed by atoms with Crippen molar-refractivity contribution in [1.29, 1.82) is 0 Å². The fourth-order valence-electron chi connectivity index (χ4n) is 2.42. The van der Waals surface area contributed by atoms with Gasteiger partial charge in [0.15, 0.2) is 5.69 Å². The molecule has 8 heteroatoms. The fourth-order valence-corrected chi connectivity index (χ4v) is 2.42. The number of nitro benzene ring substituents is 1. The highest BCUT2D eigenvalue weighted by Gasteiger charge is 2.20. The third kappa shape index (κ3) is 3.18. The monoisotopic (exact) mass is 339 g/mol. The van der Waals surface area contributed by atoms with Crippen LogP contribution in [0.4, 0.5) is 5.69 Å². The zero-order valence-electron chi connectivity index (χ0n) is 13.1. The number of benzene rings is 2. The number of hydrogen-bond donors (Lipinski definition) is 2. The van der Waals surface area contributed by atoms with E-state index in [0.29, 0.717) is 22.6 Å². The van der Waals surface area contributed by atoms with Gasteiger partial charge >= 0.3 is 5.97 Å². The normalized spacial score (nSPS) is 10.4.